The Morgan fingerprint density at radius 2 is 2.06 bits per heavy atom. The summed E-state index contributed by atoms with van der Waals surface area (Å²) < 4.78 is 14.2. The van der Waals surface area contributed by atoms with E-state index in [0.717, 1.165) is 48.3 Å². The molecule has 0 aliphatic carbocycles. The summed E-state index contributed by atoms with van der Waals surface area (Å²) in [6, 6.07) is 3.17. The van der Waals surface area contributed by atoms with Crippen molar-refractivity contribution in [3.8, 4) is 0 Å². The van der Waals surface area contributed by atoms with Crippen LogP contribution in [-0.4, -0.2) is 31.1 Å². The molecule has 0 atom stereocenters. The number of nitrogens with one attached hydrogen (secondary N) is 1. The van der Waals surface area contributed by atoms with Crippen molar-refractivity contribution in [2.75, 3.05) is 26.2 Å². The molecule has 4 heteroatoms. The third-order valence-electron chi connectivity index (χ3n) is 3.02. The molecule has 0 saturated carbocycles. The second kappa shape index (κ2) is 5.25. The number of nitrogens with zero attached hydrogens (tertiary/aromatic N) is 1. The van der Waals surface area contributed by atoms with E-state index < -0.39 is 0 Å². The fourth-order valence-corrected chi connectivity index (χ4v) is 2.45. The molecule has 1 aromatic rings. The van der Waals surface area contributed by atoms with E-state index in [2.05, 4.69) is 26.1 Å². The summed E-state index contributed by atoms with van der Waals surface area (Å²) in [4.78, 5) is 2.35. The van der Waals surface area contributed by atoms with Gasteiger partial charge in [-0.2, -0.15) is 0 Å². The lowest BCUT2D eigenvalue weighted by molar-refractivity contribution is 0.232. The standard InChI is InChI=1S/C12H16BrFN2/c1-9-10(6-11(14)7-12(9)13)8-16-4-2-15-3-5-16/h6-7,15H,2-5,8H2,1H3. The zero-order valence-electron chi connectivity index (χ0n) is 9.39. The molecule has 0 spiro atoms. The fourth-order valence-electron chi connectivity index (χ4n) is 1.97. The van der Waals surface area contributed by atoms with Crippen LogP contribution in [-0.2, 0) is 6.54 Å². The zero-order valence-corrected chi connectivity index (χ0v) is 11.0. The van der Waals surface area contributed by atoms with Crippen molar-refractivity contribution < 1.29 is 4.39 Å². The van der Waals surface area contributed by atoms with Crippen LogP contribution in [0.1, 0.15) is 11.1 Å². The lowest BCUT2D eigenvalue weighted by Gasteiger charge is -2.27. The molecule has 1 fully saturated rings. The zero-order chi connectivity index (χ0) is 11.5. The van der Waals surface area contributed by atoms with Gasteiger partial charge in [-0.25, -0.2) is 4.39 Å². The van der Waals surface area contributed by atoms with E-state index in [-0.39, 0.29) is 5.82 Å². The molecule has 2 nitrogen and oxygen atoms in total. The van der Waals surface area contributed by atoms with Gasteiger partial charge in [-0.1, -0.05) is 15.9 Å². The molecule has 88 valence electrons. The van der Waals surface area contributed by atoms with E-state index in [1.807, 2.05) is 6.92 Å². The Bertz CT molecular complexity index is 376. The molecule has 1 aliphatic heterocycles. The molecule has 0 amide bonds. The highest BCUT2D eigenvalue weighted by atomic mass is 79.9. The maximum Gasteiger partial charge on any atom is 0.124 e. The van der Waals surface area contributed by atoms with Crippen LogP contribution < -0.4 is 5.32 Å². The monoisotopic (exact) mass is 286 g/mol. The van der Waals surface area contributed by atoms with Crippen LogP contribution in [0.5, 0.6) is 0 Å². The Morgan fingerprint density at radius 1 is 1.38 bits per heavy atom. The normalized spacial score (nSPS) is 17.7. The van der Waals surface area contributed by atoms with Gasteiger partial charge in [-0.05, 0) is 30.2 Å². The number of hydrogen-bond acceptors (Lipinski definition) is 2. The second-order valence-corrected chi connectivity index (χ2v) is 5.05. The summed E-state index contributed by atoms with van der Waals surface area (Å²) in [6.07, 6.45) is 0. The SMILES string of the molecule is Cc1c(Br)cc(F)cc1CN1CCNCC1. The van der Waals surface area contributed by atoms with Gasteiger partial charge in [0.25, 0.3) is 0 Å². The van der Waals surface area contributed by atoms with Crippen molar-refractivity contribution in [1.82, 2.24) is 10.2 Å². The van der Waals surface area contributed by atoms with Crippen LogP contribution in [0.15, 0.2) is 16.6 Å². The summed E-state index contributed by atoms with van der Waals surface area (Å²) in [5.41, 5.74) is 2.22. The van der Waals surface area contributed by atoms with Gasteiger partial charge in [-0.3, -0.25) is 4.90 Å². The first-order valence-corrected chi connectivity index (χ1v) is 6.34. The molecular formula is C12H16BrFN2. The average Bonchev–Trinajstić information content (AvgIpc) is 2.27. The number of hydrogen-bond donors (Lipinski definition) is 1. The van der Waals surface area contributed by atoms with Crippen LogP contribution in [0, 0.1) is 12.7 Å². The van der Waals surface area contributed by atoms with E-state index >= 15 is 0 Å². The Kier molecular flexibility index (Phi) is 3.95. The van der Waals surface area contributed by atoms with Crippen LogP contribution in [0.25, 0.3) is 0 Å². The summed E-state index contributed by atoms with van der Waals surface area (Å²) in [5, 5.41) is 3.31. The second-order valence-electron chi connectivity index (χ2n) is 4.20. The average molecular weight is 287 g/mol. The number of halogens is 2. The molecule has 1 aromatic carbocycles. The Morgan fingerprint density at radius 3 is 2.75 bits per heavy atom. The first-order chi connectivity index (χ1) is 7.66. The minimum Gasteiger partial charge on any atom is -0.314 e. The summed E-state index contributed by atoms with van der Waals surface area (Å²) >= 11 is 3.39. The summed E-state index contributed by atoms with van der Waals surface area (Å²) in [7, 11) is 0. The van der Waals surface area contributed by atoms with E-state index in [4.69, 9.17) is 0 Å². The van der Waals surface area contributed by atoms with Gasteiger partial charge in [-0.15, -0.1) is 0 Å². The summed E-state index contributed by atoms with van der Waals surface area (Å²) in [5.74, 6) is -0.164. The predicted octanol–water partition coefficient (Wildman–Crippen LogP) is 2.30. The van der Waals surface area contributed by atoms with Gasteiger partial charge in [0.1, 0.15) is 5.82 Å². The molecule has 1 saturated heterocycles. The van der Waals surface area contributed by atoms with Gasteiger partial charge < -0.3 is 5.32 Å². The van der Waals surface area contributed by atoms with E-state index in [0.29, 0.717) is 0 Å². The Labute approximate surface area is 104 Å². The number of piperazine rings is 1. The Hall–Kier alpha value is -0.450. The van der Waals surface area contributed by atoms with Gasteiger partial charge in [0.05, 0.1) is 0 Å². The van der Waals surface area contributed by atoms with Crippen LogP contribution in [0.3, 0.4) is 0 Å². The molecule has 1 heterocycles. The van der Waals surface area contributed by atoms with E-state index in [1.54, 1.807) is 6.07 Å². The van der Waals surface area contributed by atoms with Gasteiger partial charge in [0.2, 0.25) is 0 Å². The third kappa shape index (κ3) is 2.81. The molecule has 16 heavy (non-hydrogen) atoms. The molecule has 0 aromatic heterocycles. The maximum absolute atomic E-state index is 13.3. The lowest BCUT2D eigenvalue weighted by Crippen LogP contribution is -2.43. The minimum absolute atomic E-state index is 0.164. The van der Waals surface area contributed by atoms with E-state index in [1.165, 1.54) is 6.07 Å². The topological polar surface area (TPSA) is 15.3 Å². The molecule has 1 N–H and O–H groups in total. The summed E-state index contributed by atoms with van der Waals surface area (Å²) in [6.45, 7) is 6.98. The van der Waals surface area contributed by atoms with Crippen molar-refractivity contribution in [2.45, 2.75) is 13.5 Å². The maximum atomic E-state index is 13.3. The minimum atomic E-state index is -0.164. The van der Waals surface area contributed by atoms with Gasteiger partial charge in [0.15, 0.2) is 0 Å². The highest BCUT2D eigenvalue weighted by molar-refractivity contribution is 9.10. The molecular weight excluding hydrogens is 271 g/mol. The van der Waals surface area contributed by atoms with E-state index in [9.17, 15) is 4.39 Å². The molecule has 1 aliphatic rings. The lowest BCUT2D eigenvalue weighted by atomic mass is 10.1. The van der Waals surface area contributed by atoms with Crippen LogP contribution >= 0.6 is 15.9 Å². The molecule has 0 radical (unpaired) electrons. The van der Waals surface area contributed by atoms with Crippen LogP contribution in [0.2, 0.25) is 0 Å². The number of benzene rings is 1. The van der Waals surface area contributed by atoms with Crippen LogP contribution in [0.4, 0.5) is 4.39 Å². The highest BCUT2D eigenvalue weighted by Gasteiger charge is 2.13. The first kappa shape index (κ1) is 12.0. The quantitative estimate of drug-likeness (QED) is 0.898. The predicted molar refractivity (Wildman–Crippen MR) is 67.0 cm³/mol. The van der Waals surface area contributed by atoms with Crippen molar-refractivity contribution in [1.29, 1.82) is 0 Å². The fraction of sp³-hybridized carbons (Fsp3) is 0.500. The molecule has 0 bridgehead atoms. The Balaban J connectivity index is 2.13. The molecule has 2 rings (SSSR count). The van der Waals surface area contributed by atoms with Crippen molar-refractivity contribution in [3.05, 3.63) is 33.5 Å². The van der Waals surface area contributed by atoms with Gasteiger partial charge in [0, 0.05) is 37.2 Å². The highest BCUT2D eigenvalue weighted by Crippen LogP contribution is 2.22. The van der Waals surface area contributed by atoms with Crippen molar-refractivity contribution in [3.63, 3.8) is 0 Å². The van der Waals surface area contributed by atoms with Crippen molar-refractivity contribution in [2.24, 2.45) is 0 Å². The third-order valence-corrected chi connectivity index (χ3v) is 3.84. The first-order valence-electron chi connectivity index (χ1n) is 5.54. The molecule has 0 unspecified atom stereocenters. The number of rotatable bonds is 2. The van der Waals surface area contributed by atoms with Gasteiger partial charge >= 0.3 is 0 Å². The smallest absolute Gasteiger partial charge is 0.124 e. The largest absolute Gasteiger partial charge is 0.314 e. The van der Waals surface area contributed by atoms with Crippen molar-refractivity contribution >= 4 is 15.9 Å².